The van der Waals surface area contributed by atoms with E-state index in [0.29, 0.717) is 5.56 Å². The number of halogens is 2. The number of ether oxygens (including phenoxy) is 1. The van der Waals surface area contributed by atoms with Crippen molar-refractivity contribution in [1.29, 1.82) is 0 Å². The molecule has 1 N–H and O–H groups in total. The Bertz CT molecular complexity index is 591. The first-order valence-corrected chi connectivity index (χ1v) is 7.59. The van der Waals surface area contributed by atoms with Crippen LogP contribution in [0.3, 0.4) is 0 Å². The van der Waals surface area contributed by atoms with E-state index in [1.807, 2.05) is 30.3 Å². The van der Waals surface area contributed by atoms with Crippen LogP contribution in [0.25, 0.3) is 0 Å². The molecule has 0 saturated carbocycles. The van der Waals surface area contributed by atoms with Gasteiger partial charge in [-0.05, 0) is 49.2 Å². The molecule has 0 aromatic heterocycles. The summed E-state index contributed by atoms with van der Waals surface area (Å²) in [6.45, 7) is 1.81. The lowest BCUT2D eigenvalue weighted by Gasteiger charge is -2.28. The summed E-state index contributed by atoms with van der Waals surface area (Å²) >= 11 is 0. The van der Waals surface area contributed by atoms with E-state index in [0.717, 1.165) is 37.6 Å². The van der Waals surface area contributed by atoms with Gasteiger partial charge in [-0.25, -0.2) is 8.78 Å². The molecule has 3 rings (SSSR count). The topological polar surface area (TPSA) is 21.3 Å². The molecule has 116 valence electrons. The van der Waals surface area contributed by atoms with E-state index in [9.17, 15) is 8.78 Å². The predicted molar refractivity (Wildman–Crippen MR) is 81.6 cm³/mol. The first-order chi connectivity index (χ1) is 10.7. The number of nitrogens with one attached hydrogen (secondary N) is 1. The van der Waals surface area contributed by atoms with E-state index in [2.05, 4.69) is 5.32 Å². The fraction of sp³-hybridized carbons (Fsp3) is 0.333. The Balaban J connectivity index is 1.91. The molecule has 0 aliphatic carbocycles. The first-order valence-electron chi connectivity index (χ1n) is 7.59. The summed E-state index contributed by atoms with van der Waals surface area (Å²) in [5.41, 5.74) is 1.42. The van der Waals surface area contributed by atoms with Gasteiger partial charge in [-0.3, -0.25) is 0 Å². The first kappa shape index (κ1) is 15.1. The summed E-state index contributed by atoms with van der Waals surface area (Å²) in [5.74, 6) is -1.16. The van der Waals surface area contributed by atoms with Crippen molar-refractivity contribution in [3.63, 3.8) is 0 Å². The van der Waals surface area contributed by atoms with Gasteiger partial charge in [0.05, 0.1) is 6.10 Å². The smallest absolute Gasteiger partial charge is 0.126 e. The summed E-state index contributed by atoms with van der Waals surface area (Å²) in [6.07, 6.45) is 1.45. The van der Waals surface area contributed by atoms with Gasteiger partial charge in [0.1, 0.15) is 17.7 Å². The van der Waals surface area contributed by atoms with E-state index in [1.54, 1.807) is 0 Å². The molecule has 0 spiro atoms. The van der Waals surface area contributed by atoms with Crippen molar-refractivity contribution in [2.45, 2.75) is 25.0 Å². The highest BCUT2D eigenvalue weighted by Crippen LogP contribution is 2.30. The molecule has 2 aromatic rings. The van der Waals surface area contributed by atoms with Crippen LogP contribution in [0.5, 0.6) is 0 Å². The largest absolute Gasteiger partial charge is 0.365 e. The van der Waals surface area contributed by atoms with Gasteiger partial charge >= 0.3 is 0 Å². The lowest BCUT2D eigenvalue weighted by atomic mass is 10.00. The number of hydrogen-bond donors (Lipinski definition) is 1. The van der Waals surface area contributed by atoms with Crippen LogP contribution >= 0.6 is 0 Å². The molecule has 4 heteroatoms. The normalized spacial score (nSPS) is 17.4. The van der Waals surface area contributed by atoms with Gasteiger partial charge in [0.25, 0.3) is 0 Å². The van der Waals surface area contributed by atoms with E-state index in [1.165, 1.54) is 12.1 Å². The van der Waals surface area contributed by atoms with Crippen LogP contribution in [0.1, 0.15) is 30.1 Å². The Morgan fingerprint density at radius 1 is 0.909 bits per heavy atom. The highest BCUT2D eigenvalue weighted by Gasteiger charge is 2.22. The van der Waals surface area contributed by atoms with Gasteiger partial charge < -0.3 is 10.1 Å². The minimum Gasteiger partial charge on any atom is -0.365 e. The molecular formula is C18H19F2NO. The zero-order chi connectivity index (χ0) is 15.4. The molecule has 1 saturated heterocycles. The van der Waals surface area contributed by atoms with E-state index in [4.69, 9.17) is 4.74 Å². The minimum absolute atomic E-state index is 0.0952. The monoisotopic (exact) mass is 303 g/mol. The van der Waals surface area contributed by atoms with Crippen LogP contribution in [0.4, 0.5) is 8.78 Å². The highest BCUT2D eigenvalue weighted by molar-refractivity contribution is 5.31. The van der Waals surface area contributed by atoms with Crippen molar-refractivity contribution < 1.29 is 13.5 Å². The molecule has 0 radical (unpaired) electrons. The van der Waals surface area contributed by atoms with Crippen molar-refractivity contribution in [3.05, 3.63) is 71.3 Å². The average Bonchev–Trinajstić information content (AvgIpc) is 2.53. The molecule has 2 nitrogen and oxygen atoms in total. The van der Waals surface area contributed by atoms with E-state index in [-0.39, 0.29) is 6.10 Å². The van der Waals surface area contributed by atoms with Crippen molar-refractivity contribution >= 4 is 0 Å². The molecule has 1 aliphatic rings. The Kier molecular flexibility index (Phi) is 4.80. The second kappa shape index (κ2) is 6.99. The standard InChI is InChI=1S/C18H19F2NO/c19-15-10-14(11-16(20)12-15)18(13-4-2-1-3-5-13)22-17-6-8-21-9-7-17/h1-5,10-12,17-18,21H,6-9H2. The Morgan fingerprint density at radius 2 is 1.55 bits per heavy atom. The van der Waals surface area contributed by atoms with Gasteiger partial charge in [0.2, 0.25) is 0 Å². The fourth-order valence-electron chi connectivity index (χ4n) is 2.83. The quantitative estimate of drug-likeness (QED) is 0.927. The lowest BCUT2D eigenvalue weighted by molar-refractivity contribution is -0.00829. The van der Waals surface area contributed by atoms with E-state index < -0.39 is 17.7 Å². The van der Waals surface area contributed by atoms with Crippen LogP contribution in [-0.2, 0) is 4.74 Å². The van der Waals surface area contributed by atoms with E-state index >= 15 is 0 Å². The van der Waals surface area contributed by atoms with Gasteiger partial charge in [-0.2, -0.15) is 0 Å². The van der Waals surface area contributed by atoms with Crippen LogP contribution < -0.4 is 5.32 Å². The molecular weight excluding hydrogens is 284 g/mol. The van der Waals surface area contributed by atoms with Crippen LogP contribution in [0, 0.1) is 11.6 Å². The third-order valence-corrected chi connectivity index (χ3v) is 3.90. The zero-order valence-corrected chi connectivity index (χ0v) is 12.3. The van der Waals surface area contributed by atoms with Crippen LogP contribution in [-0.4, -0.2) is 19.2 Å². The molecule has 1 fully saturated rings. The predicted octanol–water partition coefficient (Wildman–Crippen LogP) is 3.82. The Morgan fingerprint density at radius 3 is 2.18 bits per heavy atom. The minimum atomic E-state index is -0.579. The maximum absolute atomic E-state index is 13.6. The zero-order valence-electron chi connectivity index (χ0n) is 12.3. The number of hydrogen-bond acceptors (Lipinski definition) is 2. The summed E-state index contributed by atoms with van der Waals surface area (Å²) < 4.78 is 33.4. The lowest BCUT2D eigenvalue weighted by Crippen LogP contribution is -2.33. The third kappa shape index (κ3) is 3.70. The van der Waals surface area contributed by atoms with Crippen molar-refractivity contribution in [2.75, 3.05) is 13.1 Å². The van der Waals surface area contributed by atoms with Crippen molar-refractivity contribution in [1.82, 2.24) is 5.32 Å². The number of rotatable bonds is 4. The second-order valence-electron chi connectivity index (χ2n) is 5.58. The van der Waals surface area contributed by atoms with Gasteiger partial charge in [0.15, 0.2) is 0 Å². The average molecular weight is 303 g/mol. The Hall–Kier alpha value is -1.78. The summed E-state index contributed by atoms with van der Waals surface area (Å²) in [4.78, 5) is 0. The summed E-state index contributed by atoms with van der Waals surface area (Å²) in [6, 6.07) is 13.2. The Labute approximate surface area is 129 Å². The SMILES string of the molecule is Fc1cc(F)cc(C(OC2CCNCC2)c2ccccc2)c1. The molecule has 1 aliphatic heterocycles. The number of benzene rings is 2. The van der Waals surface area contributed by atoms with Crippen molar-refractivity contribution in [2.24, 2.45) is 0 Å². The summed E-state index contributed by atoms with van der Waals surface area (Å²) in [7, 11) is 0. The molecule has 1 atom stereocenters. The fourth-order valence-corrected chi connectivity index (χ4v) is 2.83. The van der Waals surface area contributed by atoms with Crippen LogP contribution in [0.15, 0.2) is 48.5 Å². The highest BCUT2D eigenvalue weighted by atomic mass is 19.1. The second-order valence-corrected chi connectivity index (χ2v) is 5.58. The van der Waals surface area contributed by atoms with Crippen molar-refractivity contribution in [3.8, 4) is 0 Å². The molecule has 0 bridgehead atoms. The molecule has 1 unspecified atom stereocenters. The van der Waals surface area contributed by atoms with Gasteiger partial charge in [-0.15, -0.1) is 0 Å². The summed E-state index contributed by atoms with van der Waals surface area (Å²) in [5, 5.41) is 3.29. The molecule has 22 heavy (non-hydrogen) atoms. The third-order valence-electron chi connectivity index (χ3n) is 3.90. The van der Waals surface area contributed by atoms with Crippen LogP contribution in [0.2, 0.25) is 0 Å². The maximum Gasteiger partial charge on any atom is 0.126 e. The number of piperidine rings is 1. The van der Waals surface area contributed by atoms with Gasteiger partial charge in [-0.1, -0.05) is 30.3 Å². The molecule has 1 heterocycles. The molecule has 0 amide bonds. The maximum atomic E-state index is 13.6. The molecule has 2 aromatic carbocycles. The van der Waals surface area contributed by atoms with Gasteiger partial charge in [0, 0.05) is 6.07 Å².